The standard InChI is InChI=1S/C22H25N5O2/c1-4-29-10-6-9-24-22(28)20-14-25-27-16(3)19(15(2)26-21(20)27)12-17-7-5-8-18(11-17)13-23/h5,7-8,11,14H,4,6,9-10,12H2,1-3H3,(H,24,28). The molecule has 0 unspecified atom stereocenters. The zero-order chi connectivity index (χ0) is 20.8. The maximum absolute atomic E-state index is 12.5. The normalized spacial score (nSPS) is 10.8. The van der Waals surface area contributed by atoms with E-state index >= 15 is 0 Å². The minimum atomic E-state index is -0.183. The van der Waals surface area contributed by atoms with E-state index in [9.17, 15) is 4.79 Å². The van der Waals surface area contributed by atoms with Crippen molar-refractivity contribution in [2.24, 2.45) is 0 Å². The number of ether oxygens (including phenoxy) is 1. The molecule has 0 fully saturated rings. The number of aromatic nitrogens is 3. The number of nitrogens with zero attached hydrogens (tertiary/aromatic N) is 4. The number of hydrogen-bond donors (Lipinski definition) is 1. The summed E-state index contributed by atoms with van der Waals surface area (Å²) in [5, 5.41) is 16.4. The maximum atomic E-state index is 12.5. The van der Waals surface area contributed by atoms with Crippen LogP contribution in [0.15, 0.2) is 30.5 Å². The van der Waals surface area contributed by atoms with Crippen LogP contribution in [0.4, 0.5) is 0 Å². The number of fused-ring (bicyclic) bond motifs is 1. The molecule has 150 valence electrons. The van der Waals surface area contributed by atoms with Gasteiger partial charge in [0.25, 0.3) is 5.91 Å². The fraction of sp³-hybridized carbons (Fsp3) is 0.364. The molecule has 29 heavy (non-hydrogen) atoms. The first kappa shape index (κ1) is 20.5. The van der Waals surface area contributed by atoms with Crippen LogP contribution in [0.5, 0.6) is 0 Å². The molecule has 0 saturated carbocycles. The van der Waals surface area contributed by atoms with Crippen molar-refractivity contribution in [2.75, 3.05) is 19.8 Å². The fourth-order valence-corrected chi connectivity index (χ4v) is 3.30. The third-order valence-corrected chi connectivity index (χ3v) is 4.85. The average molecular weight is 391 g/mol. The predicted octanol–water partition coefficient (Wildman–Crippen LogP) is 2.97. The van der Waals surface area contributed by atoms with Crippen LogP contribution in [0.3, 0.4) is 0 Å². The highest BCUT2D eigenvalue weighted by molar-refractivity contribution is 5.99. The topological polar surface area (TPSA) is 92.3 Å². The lowest BCUT2D eigenvalue weighted by atomic mass is 10.0. The van der Waals surface area contributed by atoms with Gasteiger partial charge in [-0.2, -0.15) is 10.4 Å². The van der Waals surface area contributed by atoms with Gasteiger partial charge in [0.05, 0.1) is 17.8 Å². The van der Waals surface area contributed by atoms with Crippen molar-refractivity contribution in [3.8, 4) is 6.07 Å². The molecule has 7 nitrogen and oxygen atoms in total. The minimum absolute atomic E-state index is 0.183. The van der Waals surface area contributed by atoms with Crippen LogP contribution >= 0.6 is 0 Å². The second-order valence-electron chi connectivity index (χ2n) is 6.85. The molecule has 3 rings (SSSR count). The van der Waals surface area contributed by atoms with E-state index in [1.54, 1.807) is 16.8 Å². The highest BCUT2D eigenvalue weighted by Crippen LogP contribution is 2.20. The molecule has 0 aliphatic rings. The minimum Gasteiger partial charge on any atom is -0.382 e. The largest absolute Gasteiger partial charge is 0.382 e. The molecule has 0 saturated heterocycles. The number of nitrogens with one attached hydrogen (secondary N) is 1. The quantitative estimate of drug-likeness (QED) is 0.596. The Morgan fingerprint density at radius 2 is 2.17 bits per heavy atom. The van der Waals surface area contributed by atoms with E-state index in [1.165, 1.54) is 0 Å². The molecule has 0 aliphatic carbocycles. The van der Waals surface area contributed by atoms with Crippen LogP contribution < -0.4 is 5.32 Å². The van der Waals surface area contributed by atoms with Crippen LogP contribution in [0, 0.1) is 25.2 Å². The van der Waals surface area contributed by atoms with Gasteiger partial charge >= 0.3 is 0 Å². The monoisotopic (exact) mass is 391 g/mol. The highest BCUT2D eigenvalue weighted by Gasteiger charge is 2.18. The van der Waals surface area contributed by atoms with Crippen LogP contribution in [-0.2, 0) is 11.2 Å². The smallest absolute Gasteiger partial charge is 0.256 e. The second-order valence-corrected chi connectivity index (χ2v) is 6.85. The Kier molecular flexibility index (Phi) is 6.57. The SMILES string of the molecule is CCOCCCNC(=O)c1cnn2c(C)c(Cc3cccc(C#N)c3)c(C)nc12. The summed E-state index contributed by atoms with van der Waals surface area (Å²) in [4.78, 5) is 17.2. The number of benzene rings is 1. The highest BCUT2D eigenvalue weighted by atomic mass is 16.5. The summed E-state index contributed by atoms with van der Waals surface area (Å²) in [6.07, 6.45) is 2.97. The van der Waals surface area contributed by atoms with E-state index in [1.807, 2.05) is 39.0 Å². The van der Waals surface area contributed by atoms with Crippen LogP contribution in [0.2, 0.25) is 0 Å². The summed E-state index contributed by atoms with van der Waals surface area (Å²) in [5.74, 6) is -0.183. The number of carbonyl (C=O) groups is 1. The van der Waals surface area contributed by atoms with E-state index < -0.39 is 0 Å². The van der Waals surface area contributed by atoms with Gasteiger partial charge in [0.15, 0.2) is 5.65 Å². The Hall–Kier alpha value is -3.24. The molecule has 7 heteroatoms. The molecule has 0 spiro atoms. The molecule has 2 heterocycles. The van der Waals surface area contributed by atoms with Gasteiger partial charge in [-0.1, -0.05) is 12.1 Å². The van der Waals surface area contributed by atoms with Gasteiger partial charge in [0, 0.05) is 37.6 Å². The van der Waals surface area contributed by atoms with Crippen molar-refractivity contribution in [2.45, 2.75) is 33.6 Å². The second kappa shape index (κ2) is 9.30. The third-order valence-electron chi connectivity index (χ3n) is 4.85. The van der Waals surface area contributed by atoms with E-state index in [0.717, 1.165) is 28.9 Å². The molecule has 2 aromatic heterocycles. The van der Waals surface area contributed by atoms with Crippen molar-refractivity contribution < 1.29 is 9.53 Å². The van der Waals surface area contributed by atoms with Crippen LogP contribution in [-0.4, -0.2) is 40.3 Å². The van der Waals surface area contributed by atoms with Gasteiger partial charge in [0.1, 0.15) is 5.56 Å². The molecule has 3 aromatic rings. The molecular formula is C22H25N5O2. The first-order valence-electron chi connectivity index (χ1n) is 9.74. The lowest BCUT2D eigenvalue weighted by Crippen LogP contribution is -2.25. The van der Waals surface area contributed by atoms with Crippen molar-refractivity contribution >= 4 is 11.6 Å². The van der Waals surface area contributed by atoms with E-state index in [-0.39, 0.29) is 5.91 Å². The summed E-state index contributed by atoms with van der Waals surface area (Å²) in [7, 11) is 0. The molecule has 0 radical (unpaired) electrons. The lowest BCUT2D eigenvalue weighted by Gasteiger charge is -2.12. The lowest BCUT2D eigenvalue weighted by molar-refractivity contribution is 0.0945. The first-order chi connectivity index (χ1) is 14.0. The Bertz CT molecular complexity index is 1060. The van der Waals surface area contributed by atoms with Crippen molar-refractivity contribution in [1.82, 2.24) is 19.9 Å². The van der Waals surface area contributed by atoms with Gasteiger partial charge in [-0.3, -0.25) is 4.79 Å². The molecule has 0 aliphatic heterocycles. The Morgan fingerprint density at radius 3 is 2.93 bits per heavy atom. The molecule has 0 bridgehead atoms. The number of aryl methyl sites for hydroxylation is 2. The zero-order valence-corrected chi connectivity index (χ0v) is 17.0. The Balaban J connectivity index is 1.83. The molecular weight excluding hydrogens is 366 g/mol. The van der Waals surface area contributed by atoms with E-state index in [4.69, 9.17) is 10.00 Å². The van der Waals surface area contributed by atoms with Crippen molar-refractivity contribution in [1.29, 1.82) is 5.26 Å². The van der Waals surface area contributed by atoms with Gasteiger partial charge in [0.2, 0.25) is 0 Å². The van der Waals surface area contributed by atoms with Crippen LogP contribution in [0.25, 0.3) is 5.65 Å². The fourth-order valence-electron chi connectivity index (χ4n) is 3.30. The van der Waals surface area contributed by atoms with Crippen LogP contribution in [0.1, 0.15) is 51.8 Å². The summed E-state index contributed by atoms with van der Waals surface area (Å²) in [5.41, 5.74) is 5.51. The molecule has 1 N–H and O–H groups in total. The maximum Gasteiger partial charge on any atom is 0.256 e. The van der Waals surface area contributed by atoms with Gasteiger partial charge in [-0.25, -0.2) is 9.50 Å². The Labute approximate surface area is 170 Å². The summed E-state index contributed by atoms with van der Waals surface area (Å²) in [6.45, 7) is 7.70. The van der Waals surface area contributed by atoms with E-state index in [0.29, 0.717) is 43.0 Å². The average Bonchev–Trinajstić information content (AvgIpc) is 3.15. The molecule has 1 amide bonds. The Morgan fingerprint density at radius 1 is 1.34 bits per heavy atom. The van der Waals surface area contributed by atoms with Gasteiger partial charge in [-0.05, 0) is 50.5 Å². The summed E-state index contributed by atoms with van der Waals surface area (Å²) in [6, 6.07) is 9.72. The number of nitriles is 1. The molecule has 0 atom stereocenters. The van der Waals surface area contributed by atoms with E-state index in [2.05, 4.69) is 21.5 Å². The summed E-state index contributed by atoms with van der Waals surface area (Å²) < 4.78 is 7.00. The predicted molar refractivity (Wildman–Crippen MR) is 110 cm³/mol. The van der Waals surface area contributed by atoms with Crippen molar-refractivity contribution in [3.05, 3.63) is 64.1 Å². The number of amides is 1. The third kappa shape index (κ3) is 4.61. The van der Waals surface area contributed by atoms with Gasteiger partial charge < -0.3 is 10.1 Å². The number of hydrogen-bond acceptors (Lipinski definition) is 5. The number of rotatable bonds is 8. The molecule has 1 aromatic carbocycles. The summed E-state index contributed by atoms with van der Waals surface area (Å²) >= 11 is 0. The van der Waals surface area contributed by atoms with Crippen molar-refractivity contribution in [3.63, 3.8) is 0 Å². The van der Waals surface area contributed by atoms with Gasteiger partial charge in [-0.15, -0.1) is 0 Å². The first-order valence-corrected chi connectivity index (χ1v) is 9.74. The number of carbonyl (C=O) groups excluding carboxylic acids is 1. The zero-order valence-electron chi connectivity index (χ0n) is 17.0.